The standard InChI is InChI=1S/C19H20N2O2/c1-13-10-16-6-3-4-9-18(16)21(13)12-19(23)20-17-8-5-7-15(11-17)14(2)22/h3-9,11,13H,10,12H2,1-2H3,(H,20,23)/t13-/m0/s1. The van der Waals surface area contributed by atoms with E-state index in [0.29, 0.717) is 23.8 Å². The molecule has 118 valence electrons. The van der Waals surface area contributed by atoms with E-state index in [9.17, 15) is 9.59 Å². The van der Waals surface area contributed by atoms with Crippen molar-refractivity contribution in [2.75, 3.05) is 16.8 Å². The number of para-hydroxylation sites is 1. The first-order valence-electron chi connectivity index (χ1n) is 7.80. The molecular weight excluding hydrogens is 288 g/mol. The number of amides is 1. The lowest BCUT2D eigenvalue weighted by atomic mass is 10.1. The van der Waals surface area contributed by atoms with Crippen LogP contribution in [0.5, 0.6) is 0 Å². The van der Waals surface area contributed by atoms with Crippen LogP contribution in [0.3, 0.4) is 0 Å². The second-order valence-corrected chi connectivity index (χ2v) is 5.99. The quantitative estimate of drug-likeness (QED) is 0.882. The van der Waals surface area contributed by atoms with E-state index < -0.39 is 0 Å². The zero-order valence-electron chi connectivity index (χ0n) is 13.4. The van der Waals surface area contributed by atoms with Crippen LogP contribution in [0.15, 0.2) is 48.5 Å². The Labute approximate surface area is 136 Å². The topological polar surface area (TPSA) is 49.4 Å². The molecule has 0 bridgehead atoms. The summed E-state index contributed by atoms with van der Waals surface area (Å²) in [5, 5.41) is 2.88. The van der Waals surface area contributed by atoms with E-state index in [4.69, 9.17) is 0 Å². The Bertz CT molecular complexity index is 755. The molecular formula is C19H20N2O2. The zero-order chi connectivity index (χ0) is 16.4. The van der Waals surface area contributed by atoms with E-state index in [1.54, 1.807) is 24.3 Å². The number of hydrogen-bond acceptors (Lipinski definition) is 3. The second kappa shape index (κ2) is 6.24. The SMILES string of the molecule is CC(=O)c1cccc(NC(=O)CN2c3ccccc3C[C@@H]2C)c1. The fourth-order valence-electron chi connectivity index (χ4n) is 3.04. The molecule has 1 N–H and O–H groups in total. The van der Waals surface area contributed by atoms with E-state index in [-0.39, 0.29) is 11.7 Å². The Morgan fingerprint density at radius 2 is 1.96 bits per heavy atom. The average Bonchev–Trinajstić information content (AvgIpc) is 2.83. The average molecular weight is 308 g/mol. The maximum atomic E-state index is 12.4. The lowest BCUT2D eigenvalue weighted by molar-refractivity contribution is -0.115. The lowest BCUT2D eigenvalue weighted by Crippen LogP contribution is -2.37. The Kier molecular flexibility index (Phi) is 4.15. The third kappa shape index (κ3) is 3.26. The van der Waals surface area contributed by atoms with E-state index >= 15 is 0 Å². The van der Waals surface area contributed by atoms with Gasteiger partial charge in [0.15, 0.2) is 5.78 Å². The van der Waals surface area contributed by atoms with Gasteiger partial charge < -0.3 is 10.2 Å². The van der Waals surface area contributed by atoms with Crippen molar-refractivity contribution in [3.05, 3.63) is 59.7 Å². The molecule has 3 rings (SSSR count). The first kappa shape index (κ1) is 15.3. The molecule has 0 saturated heterocycles. The highest BCUT2D eigenvalue weighted by Crippen LogP contribution is 2.31. The number of rotatable bonds is 4. The molecule has 0 radical (unpaired) electrons. The molecule has 0 fully saturated rings. The lowest BCUT2D eigenvalue weighted by Gasteiger charge is -2.24. The Hall–Kier alpha value is -2.62. The molecule has 2 aromatic rings. The van der Waals surface area contributed by atoms with Gasteiger partial charge in [0.05, 0.1) is 6.54 Å². The molecule has 23 heavy (non-hydrogen) atoms. The maximum Gasteiger partial charge on any atom is 0.243 e. The van der Waals surface area contributed by atoms with Gasteiger partial charge in [-0.1, -0.05) is 30.3 Å². The minimum atomic E-state index is -0.0748. The molecule has 1 heterocycles. The third-order valence-electron chi connectivity index (χ3n) is 4.22. The van der Waals surface area contributed by atoms with Gasteiger partial charge in [-0.3, -0.25) is 9.59 Å². The van der Waals surface area contributed by atoms with Gasteiger partial charge in [0.1, 0.15) is 0 Å². The summed E-state index contributed by atoms with van der Waals surface area (Å²) in [6, 6.07) is 15.5. The zero-order valence-corrected chi connectivity index (χ0v) is 13.4. The van der Waals surface area contributed by atoms with E-state index in [1.165, 1.54) is 12.5 Å². The van der Waals surface area contributed by atoms with Crippen molar-refractivity contribution in [2.45, 2.75) is 26.3 Å². The van der Waals surface area contributed by atoms with Gasteiger partial charge in [-0.15, -0.1) is 0 Å². The van der Waals surface area contributed by atoms with E-state index in [0.717, 1.165) is 12.1 Å². The van der Waals surface area contributed by atoms with Gasteiger partial charge in [-0.05, 0) is 44.0 Å². The van der Waals surface area contributed by atoms with Crippen molar-refractivity contribution in [3.8, 4) is 0 Å². The monoisotopic (exact) mass is 308 g/mol. The Morgan fingerprint density at radius 1 is 1.17 bits per heavy atom. The number of nitrogens with zero attached hydrogens (tertiary/aromatic N) is 1. The molecule has 2 aromatic carbocycles. The minimum absolute atomic E-state index is 0.0109. The number of carbonyl (C=O) groups excluding carboxylic acids is 2. The molecule has 4 nitrogen and oxygen atoms in total. The smallest absolute Gasteiger partial charge is 0.243 e. The van der Waals surface area contributed by atoms with Crippen LogP contribution in [-0.2, 0) is 11.2 Å². The normalized spacial score (nSPS) is 16.1. The van der Waals surface area contributed by atoms with Crippen LogP contribution in [0.1, 0.15) is 29.8 Å². The fourth-order valence-corrected chi connectivity index (χ4v) is 3.04. The van der Waals surface area contributed by atoms with Gasteiger partial charge >= 0.3 is 0 Å². The van der Waals surface area contributed by atoms with E-state index in [2.05, 4.69) is 29.3 Å². The van der Waals surface area contributed by atoms with Crippen molar-refractivity contribution < 1.29 is 9.59 Å². The largest absolute Gasteiger partial charge is 0.359 e. The molecule has 0 saturated carbocycles. The molecule has 1 aliphatic heterocycles. The Morgan fingerprint density at radius 3 is 2.74 bits per heavy atom. The predicted octanol–water partition coefficient (Wildman–Crippen LogP) is 3.28. The predicted molar refractivity (Wildman–Crippen MR) is 92.0 cm³/mol. The minimum Gasteiger partial charge on any atom is -0.359 e. The number of fused-ring (bicyclic) bond motifs is 1. The molecule has 4 heteroatoms. The maximum absolute atomic E-state index is 12.4. The van der Waals surface area contributed by atoms with Crippen molar-refractivity contribution in [1.29, 1.82) is 0 Å². The summed E-state index contributed by atoms with van der Waals surface area (Å²) in [6.07, 6.45) is 0.962. The van der Waals surface area contributed by atoms with Gasteiger partial charge in [0, 0.05) is 23.0 Å². The molecule has 0 aliphatic carbocycles. The van der Waals surface area contributed by atoms with E-state index in [1.807, 2.05) is 12.1 Å². The second-order valence-electron chi connectivity index (χ2n) is 5.99. The van der Waals surface area contributed by atoms with Crippen LogP contribution in [0.4, 0.5) is 11.4 Å². The van der Waals surface area contributed by atoms with Crippen LogP contribution >= 0.6 is 0 Å². The number of nitrogens with one attached hydrogen (secondary N) is 1. The van der Waals surface area contributed by atoms with Crippen molar-refractivity contribution in [1.82, 2.24) is 0 Å². The highest BCUT2D eigenvalue weighted by atomic mass is 16.2. The summed E-state index contributed by atoms with van der Waals surface area (Å²) in [7, 11) is 0. The summed E-state index contributed by atoms with van der Waals surface area (Å²) in [6.45, 7) is 3.95. The van der Waals surface area contributed by atoms with Gasteiger partial charge in [0.25, 0.3) is 0 Å². The molecule has 1 atom stereocenters. The van der Waals surface area contributed by atoms with Crippen LogP contribution in [0, 0.1) is 0 Å². The number of Topliss-reactive ketones (excluding diaryl/α,β-unsaturated/α-hetero) is 1. The highest BCUT2D eigenvalue weighted by molar-refractivity contribution is 5.98. The van der Waals surface area contributed by atoms with Gasteiger partial charge in [0.2, 0.25) is 5.91 Å². The van der Waals surface area contributed by atoms with Crippen molar-refractivity contribution >= 4 is 23.1 Å². The summed E-state index contributed by atoms with van der Waals surface area (Å²) in [5.41, 5.74) is 3.67. The van der Waals surface area contributed by atoms with Crippen LogP contribution in [0.25, 0.3) is 0 Å². The number of hydrogen-bond donors (Lipinski definition) is 1. The molecule has 0 aromatic heterocycles. The summed E-state index contributed by atoms with van der Waals surface area (Å²) < 4.78 is 0. The van der Waals surface area contributed by atoms with Crippen LogP contribution < -0.4 is 10.2 Å². The first-order chi connectivity index (χ1) is 11.0. The molecule has 0 spiro atoms. The molecule has 0 unspecified atom stereocenters. The number of carbonyl (C=O) groups is 2. The van der Waals surface area contributed by atoms with Crippen molar-refractivity contribution in [3.63, 3.8) is 0 Å². The summed E-state index contributed by atoms with van der Waals surface area (Å²) in [4.78, 5) is 25.9. The number of ketones is 1. The summed E-state index contributed by atoms with van der Waals surface area (Å²) in [5.74, 6) is -0.0857. The fraction of sp³-hybridized carbons (Fsp3) is 0.263. The molecule has 1 aliphatic rings. The van der Waals surface area contributed by atoms with Crippen LogP contribution in [0.2, 0.25) is 0 Å². The van der Waals surface area contributed by atoms with Gasteiger partial charge in [-0.25, -0.2) is 0 Å². The third-order valence-corrected chi connectivity index (χ3v) is 4.22. The first-order valence-corrected chi connectivity index (χ1v) is 7.80. The van der Waals surface area contributed by atoms with Crippen LogP contribution in [-0.4, -0.2) is 24.3 Å². The number of benzene rings is 2. The van der Waals surface area contributed by atoms with Crippen molar-refractivity contribution in [2.24, 2.45) is 0 Å². The van der Waals surface area contributed by atoms with Gasteiger partial charge in [-0.2, -0.15) is 0 Å². The Balaban J connectivity index is 1.71. The molecule has 1 amide bonds. The number of anilines is 2. The summed E-state index contributed by atoms with van der Waals surface area (Å²) >= 11 is 0. The highest BCUT2D eigenvalue weighted by Gasteiger charge is 2.26.